The summed E-state index contributed by atoms with van der Waals surface area (Å²) in [7, 11) is 2.03. The average Bonchev–Trinajstić information content (AvgIpc) is 3.40. The van der Waals surface area contributed by atoms with Crippen molar-refractivity contribution in [2.24, 2.45) is 0 Å². The van der Waals surface area contributed by atoms with Crippen LogP contribution in [0, 0.1) is 0 Å². The van der Waals surface area contributed by atoms with E-state index in [4.69, 9.17) is 14.2 Å². The number of likely N-dealkylation sites (N-methyl/N-ethyl adjacent to an activating group) is 1. The van der Waals surface area contributed by atoms with E-state index >= 15 is 0 Å². The van der Waals surface area contributed by atoms with E-state index in [9.17, 15) is 19.8 Å². The molecule has 4 aliphatic rings. The van der Waals surface area contributed by atoms with Gasteiger partial charge < -0.3 is 29.3 Å². The number of phenols is 1. The smallest absolute Gasteiger partial charge is 0.352 e. The number of esters is 2. The zero-order valence-electron chi connectivity index (χ0n) is 28.2. The normalized spacial score (nSPS) is 26.7. The highest BCUT2D eigenvalue weighted by molar-refractivity contribution is 5.80. The van der Waals surface area contributed by atoms with Crippen LogP contribution in [0.25, 0.3) is 0 Å². The summed E-state index contributed by atoms with van der Waals surface area (Å²) in [5, 5.41) is 22.9. The first kappa shape index (κ1) is 34.5. The molecule has 1 spiro atoms. The Hall–Kier alpha value is -2.84. The topological polar surface area (TPSA) is 106 Å². The number of aliphatic hydroxyl groups is 1. The Morgan fingerprint density at radius 3 is 2.43 bits per heavy atom. The van der Waals surface area contributed by atoms with E-state index in [0.29, 0.717) is 30.8 Å². The van der Waals surface area contributed by atoms with Gasteiger partial charge in [0, 0.05) is 24.4 Å². The lowest BCUT2D eigenvalue weighted by atomic mass is 9.50. The Bertz CT molecular complexity index is 1290. The van der Waals surface area contributed by atoms with Crippen LogP contribution in [0.2, 0.25) is 0 Å². The lowest BCUT2D eigenvalue weighted by Crippen LogP contribution is -2.74. The Morgan fingerprint density at radius 2 is 1.72 bits per heavy atom. The Morgan fingerprint density at radius 1 is 1.04 bits per heavy atom. The second-order valence-corrected chi connectivity index (χ2v) is 14.0. The van der Waals surface area contributed by atoms with Crippen molar-refractivity contribution in [3.63, 3.8) is 0 Å². The molecule has 254 valence electrons. The van der Waals surface area contributed by atoms with Gasteiger partial charge in [0.1, 0.15) is 5.76 Å². The third-order valence-electron chi connectivity index (χ3n) is 10.9. The van der Waals surface area contributed by atoms with Crippen molar-refractivity contribution in [1.29, 1.82) is 0 Å². The molecule has 0 amide bonds. The standard InChI is InChI=1S/C38H55NO7/c1-4-5-6-7-8-9-10-11-12-13-14-15-16-17-18-19-32(41)44-27(2)36(42)45-30-22-23-38(43)31-26-28-20-21-29(40)34-33(28)37(38,35(30)46-34)24-25-39(31)3/h11-12,20-22,27,31,35,40,43H,4-10,13-19,23-26H2,1-3H3/b12-11-/t27-,31-,35-,37-,38+/m0/s1. The van der Waals surface area contributed by atoms with Gasteiger partial charge in [0.2, 0.25) is 0 Å². The zero-order chi connectivity index (χ0) is 32.7. The number of aromatic hydroxyl groups is 1. The minimum Gasteiger partial charge on any atom is -0.504 e. The van der Waals surface area contributed by atoms with Crippen molar-refractivity contribution in [1.82, 2.24) is 4.90 Å². The maximum atomic E-state index is 13.1. The summed E-state index contributed by atoms with van der Waals surface area (Å²) in [5.74, 6) is -0.382. The van der Waals surface area contributed by atoms with Gasteiger partial charge in [0.25, 0.3) is 0 Å². The number of carbonyl (C=O) groups excluding carboxylic acids is 2. The van der Waals surface area contributed by atoms with Crippen molar-refractivity contribution in [2.75, 3.05) is 13.6 Å². The Balaban J connectivity index is 1.03. The zero-order valence-corrected chi connectivity index (χ0v) is 28.2. The summed E-state index contributed by atoms with van der Waals surface area (Å²) in [6.45, 7) is 4.52. The quantitative estimate of drug-likeness (QED) is 0.0991. The molecular weight excluding hydrogens is 582 g/mol. The number of rotatable bonds is 18. The fourth-order valence-corrected chi connectivity index (χ4v) is 8.28. The molecule has 1 fully saturated rings. The molecule has 0 radical (unpaired) electrons. The van der Waals surface area contributed by atoms with Gasteiger partial charge in [-0.1, -0.05) is 76.5 Å². The summed E-state index contributed by atoms with van der Waals surface area (Å²) in [4.78, 5) is 27.8. The average molecular weight is 638 g/mol. The van der Waals surface area contributed by atoms with E-state index in [-0.39, 0.29) is 18.2 Å². The molecule has 5 rings (SSSR count). The fourth-order valence-electron chi connectivity index (χ4n) is 8.28. The second-order valence-electron chi connectivity index (χ2n) is 14.0. The Labute approximate surface area is 275 Å². The number of carbonyl (C=O) groups is 2. The number of allylic oxidation sites excluding steroid dienone is 2. The highest BCUT2D eigenvalue weighted by atomic mass is 16.6. The number of unbranched alkanes of at least 4 members (excludes halogenated alkanes) is 11. The summed E-state index contributed by atoms with van der Waals surface area (Å²) in [6, 6.07) is 3.42. The molecular formula is C38H55NO7. The molecule has 2 aliphatic carbocycles. The molecule has 46 heavy (non-hydrogen) atoms. The largest absolute Gasteiger partial charge is 0.504 e. The SMILES string of the molecule is CCCCCCCC/C=C\CCCCCCCC(=O)O[C@@H](C)C(=O)OC1=CC[C@@]2(O)[C@@H]3Cc4ccc(O)c5c4[C@@]2(CCN3C)[C@H]1O5. The molecule has 5 atom stereocenters. The van der Waals surface area contributed by atoms with Crippen LogP contribution in [0.3, 0.4) is 0 Å². The predicted molar refractivity (Wildman–Crippen MR) is 178 cm³/mol. The molecule has 0 saturated carbocycles. The van der Waals surface area contributed by atoms with Gasteiger partial charge in [-0.2, -0.15) is 0 Å². The van der Waals surface area contributed by atoms with Crippen molar-refractivity contribution in [3.05, 3.63) is 47.2 Å². The predicted octanol–water partition coefficient (Wildman–Crippen LogP) is 7.18. The monoisotopic (exact) mass is 637 g/mol. The number of hydrogen-bond acceptors (Lipinski definition) is 8. The summed E-state index contributed by atoms with van der Waals surface area (Å²) in [6.07, 6.45) is 21.8. The molecule has 1 saturated heterocycles. The van der Waals surface area contributed by atoms with Crippen LogP contribution < -0.4 is 4.74 Å². The summed E-state index contributed by atoms with van der Waals surface area (Å²) < 4.78 is 17.6. The van der Waals surface area contributed by atoms with Gasteiger partial charge in [-0.3, -0.25) is 4.79 Å². The van der Waals surface area contributed by atoms with Gasteiger partial charge in [-0.05, 0) is 83.2 Å². The first-order valence-electron chi connectivity index (χ1n) is 17.9. The van der Waals surface area contributed by atoms with Crippen molar-refractivity contribution in [2.45, 2.75) is 152 Å². The van der Waals surface area contributed by atoms with Crippen molar-refractivity contribution >= 4 is 11.9 Å². The third-order valence-corrected chi connectivity index (χ3v) is 10.9. The van der Waals surface area contributed by atoms with Gasteiger partial charge in [-0.15, -0.1) is 0 Å². The lowest BCUT2D eigenvalue weighted by molar-refractivity contribution is -0.175. The van der Waals surface area contributed by atoms with Gasteiger partial charge in [0.15, 0.2) is 23.7 Å². The van der Waals surface area contributed by atoms with E-state index in [1.54, 1.807) is 12.1 Å². The molecule has 8 nitrogen and oxygen atoms in total. The number of phenolic OH excluding ortho intramolecular Hbond substituents is 1. The van der Waals surface area contributed by atoms with Crippen LogP contribution in [0.4, 0.5) is 0 Å². The molecule has 0 unspecified atom stereocenters. The molecule has 2 heterocycles. The Kier molecular flexibility index (Phi) is 11.5. The van der Waals surface area contributed by atoms with E-state index < -0.39 is 35.2 Å². The number of likely N-dealkylation sites (tertiary alicyclic amines) is 1. The highest BCUT2D eigenvalue weighted by Gasteiger charge is 2.72. The van der Waals surface area contributed by atoms with E-state index in [0.717, 1.165) is 49.8 Å². The van der Waals surface area contributed by atoms with Crippen LogP contribution >= 0.6 is 0 Å². The maximum absolute atomic E-state index is 13.1. The van der Waals surface area contributed by atoms with Gasteiger partial charge in [-0.25, -0.2) is 4.79 Å². The first-order valence-corrected chi connectivity index (χ1v) is 17.9. The molecule has 0 aromatic heterocycles. The minimum absolute atomic E-state index is 0.0193. The molecule has 1 aromatic carbocycles. The number of hydrogen-bond donors (Lipinski definition) is 2. The van der Waals surface area contributed by atoms with Crippen LogP contribution in [0.5, 0.6) is 11.5 Å². The van der Waals surface area contributed by atoms with E-state index in [1.165, 1.54) is 58.3 Å². The van der Waals surface area contributed by atoms with Crippen LogP contribution in [0.15, 0.2) is 36.1 Å². The highest BCUT2D eigenvalue weighted by Crippen LogP contribution is 2.65. The van der Waals surface area contributed by atoms with Crippen LogP contribution in [-0.2, 0) is 30.9 Å². The number of ether oxygens (including phenoxy) is 3. The van der Waals surface area contributed by atoms with Gasteiger partial charge >= 0.3 is 11.9 Å². The molecule has 2 bridgehead atoms. The van der Waals surface area contributed by atoms with Crippen molar-refractivity contribution < 1.29 is 34.0 Å². The molecule has 2 aliphatic heterocycles. The summed E-state index contributed by atoms with van der Waals surface area (Å²) in [5.41, 5.74) is -0.0818. The van der Waals surface area contributed by atoms with E-state index in [2.05, 4.69) is 24.0 Å². The number of piperidine rings is 1. The molecule has 1 aromatic rings. The minimum atomic E-state index is -1.13. The second kappa shape index (κ2) is 15.4. The third kappa shape index (κ3) is 6.89. The fraction of sp³-hybridized carbons (Fsp3) is 0.684. The summed E-state index contributed by atoms with van der Waals surface area (Å²) >= 11 is 0. The number of nitrogens with zero attached hydrogens (tertiary/aromatic N) is 1. The van der Waals surface area contributed by atoms with Crippen LogP contribution in [0.1, 0.15) is 128 Å². The lowest BCUT2D eigenvalue weighted by Gasteiger charge is -2.61. The maximum Gasteiger partial charge on any atom is 0.352 e. The first-order chi connectivity index (χ1) is 22.2. The van der Waals surface area contributed by atoms with Gasteiger partial charge in [0.05, 0.1) is 11.0 Å². The van der Waals surface area contributed by atoms with E-state index in [1.807, 2.05) is 13.1 Å². The number of benzene rings is 1. The van der Waals surface area contributed by atoms with Crippen LogP contribution in [-0.4, -0.2) is 64.5 Å². The molecule has 2 N–H and O–H groups in total. The molecule has 8 heteroatoms. The van der Waals surface area contributed by atoms with Crippen molar-refractivity contribution in [3.8, 4) is 11.5 Å².